The molecular weight excluding hydrogens is 392 g/mol. The van der Waals surface area contributed by atoms with Crippen LogP contribution in [-0.2, 0) is 6.42 Å². The first kappa shape index (κ1) is 19.5. The first-order valence-corrected chi connectivity index (χ1v) is 11.7. The Balaban J connectivity index is 1.37. The van der Waals surface area contributed by atoms with Crippen LogP contribution in [0.15, 0.2) is 42.7 Å². The SMILES string of the molecule is CC(C)c1ccn2c(Cc3ccc4nc(N[C@@H]5CCCC[C@H]5O)sc4c3)cnc2c1. The number of hydrogen-bond donors (Lipinski definition) is 2. The molecule has 0 radical (unpaired) electrons. The fraction of sp³-hybridized carbons (Fsp3) is 0.417. The smallest absolute Gasteiger partial charge is 0.184 e. The maximum atomic E-state index is 10.2. The Morgan fingerprint density at radius 3 is 2.90 bits per heavy atom. The molecule has 3 aromatic heterocycles. The number of nitrogens with one attached hydrogen (secondary N) is 1. The summed E-state index contributed by atoms with van der Waals surface area (Å²) < 4.78 is 3.36. The molecule has 4 aromatic rings. The Kier molecular flexibility index (Phi) is 5.21. The molecule has 0 spiro atoms. The molecule has 1 fully saturated rings. The van der Waals surface area contributed by atoms with Crippen LogP contribution in [0.3, 0.4) is 0 Å². The van der Waals surface area contributed by atoms with Crippen LogP contribution in [0, 0.1) is 0 Å². The first-order chi connectivity index (χ1) is 14.6. The molecule has 3 heterocycles. The number of benzene rings is 1. The summed E-state index contributed by atoms with van der Waals surface area (Å²) >= 11 is 1.67. The zero-order valence-electron chi connectivity index (χ0n) is 17.5. The number of anilines is 1. The van der Waals surface area contributed by atoms with Crippen molar-refractivity contribution in [2.45, 2.75) is 64.0 Å². The number of aromatic nitrogens is 3. The topological polar surface area (TPSA) is 62.5 Å². The number of aliphatic hydroxyl groups excluding tert-OH is 1. The van der Waals surface area contributed by atoms with Crippen molar-refractivity contribution in [2.75, 3.05) is 5.32 Å². The molecular formula is C24H28N4OS. The van der Waals surface area contributed by atoms with Gasteiger partial charge >= 0.3 is 0 Å². The zero-order valence-corrected chi connectivity index (χ0v) is 18.3. The molecule has 0 unspecified atom stereocenters. The number of aliphatic hydroxyl groups is 1. The summed E-state index contributed by atoms with van der Waals surface area (Å²) in [7, 11) is 0. The minimum absolute atomic E-state index is 0.118. The van der Waals surface area contributed by atoms with Crippen LogP contribution >= 0.6 is 11.3 Å². The van der Waals surface area contributed by atoms with Crippen molar-refractivity contribution >= 4 is 32.3 Å². The molecule has 0 aliphatic heterocycles. The van der Waals surface area contributed by atoms with Crippen LogP contribution in [-0.4, -0.2) is 31.6 Å². The summed E-state index contributed by atoms with van der Waals surface area (Å²) in [4.78, 5) is 9.35. The molecule has 5 rings (SSSR count). The van der Waals surface area contributed by atoms with Gasteiger partial charge in [0, 0.05) is 24.5 Å². The van der Waals surface area contributed by atoms with Crippen LogP contribution in [0.2, 0.25) is 0 Å². The van der Waals surface area contributed by atoms with Gasteiger partial charge in [0.15, 0.2) is 5.13 Å². The van der Waals surface area contributed by atoms with Gasteiger partial charge in [0.1, 0.15) is 5.65 Å². The lowest BCUT2D eigenvalue weighted by atomic mass is 9.93. The zero-order chi connectivity index (χ0) is 20.7. The Morgan fingerprint density at radius 1 is 1.20 bits per heavy atom. The third-order valence-electron chi connectivity index (χ3n) is 6.16. The normalized spacial score (nSPS) is 19.7. The predicted molar refractivity (Wildman–Crippen MR) is 124 cm³/mol. The van der Waals surface area contributed by atoms with E-state index in [1.54, 1.807) is 11.3 Å². The average molecular weight is 421 g/mol. The van der Waals surface area contributed by atoms with Gasteiger partial charge < -0.3 is 14.8 Å². The summed E-state index contributed by atoms with van der Waals surface area (Å²) in [5.41, 5.74) is 5.77. The van der Waals surface area contributed by atoms with Crippen LogP contribution < -0.4 is 5.32 Å². The largest absolute Gasteiger partial charge is 0.391 e. The molecule has 6 heteroatoms. The second kappa shape index (κ2) is 8.00. The quantitative estimate of drug-likeness (QED) is 0.455. The average Bonchev–Trinajstić information content (AvgIpc) is 3.32. The maximum Gasteiger partial charge on any atom is 0.184 e. The van der Waals surface area contributed by atoms with Gasteiger partial charge in [-0.1, -0.05) is 44.1 Å². The molecule has 0 saturated heterocycles. The van der Waals surface area contributed by atoms with E-state index in [2.05, 4.69) is 65.1 Å². The molecule has 30 heavy (non-hydrogen) atoms. The fourth-order valence-corrected chi connectivity index (χ4v) is 5.32. The van der Waals surface area contributed by atoms with E-state index in [1.165, 1.54) is 27.9 Å². The van der Waals surface area contributed by atoms with Crippen molar-refractivity contribution in [1.29, 1.82) is 0 Å². The van der Waals surface area contributed by atoms with Crippen LogP contribution in [0.25, 0.3) is 15.9 Å². The van der Waals surface area contributed by atoms with Gasteiger partial charge in [0.2, 0.25) is 0 Å². The Hall–Kier alpha value is -2.44. The molecule has 2 N–H and O–H groups in total. The summed E-state index contributed by atoms with van der Waals surface area (Å²) in [5, 5.41) is 14.6. The summed E-state index contributed by atoms with van der Waals surface area (Å²) in [5.74, 6) is 0.501. The van der Waals surface area contributed by atoms with Gasteiger partial charge in [-0.2, -0.15) is 0 Å². The maximum absolute atomic E-state index is 10.2. The number of rotatable bonds is 5. The monoisotopic (exact) mass is 420 g/mol. The molecule has 1 saturated carbocycles. The third kappa shape index (κ3) is 3.82. The van der Waals surface area contributed by atoms with Gasteiger partial charge in [-0.15, -0.1) is 0 Å². The van der Waals surface area contributed by atoms with Gasteiger partial charge in [-0.3, -0.25) is 0 Å². The van der Waals surface area contributed by atoms with E-state index < -0.39 is 0 Å². The first-order valence-electron chi connectivity index (χ1n) is 10.9. The van der Waals surface area contributed by atoms with E-state index >= 15 is 0 Å². The minimum atomic E-state index is -0.271. The Morgan fingerprint density at radius 2 is 2.07 bits per heavy atom. The van der Waals surface area contributed by atoms with E-state index in [0.29, 0.717) is 5.92 Å². The molecule has 156 valence electrons. The Bertz CT molecular complexity index is 1180. The van der Waals surface area contributed by atoms with Crippen LogP contribution in [0.5, 0.6) is 0 Å². The number of hydrogen-bond acceptors (Lipinski definition) is 5. The summed E-state index contributed by atoms with van der Waals surface area (Å²) in [6, 6.07) is 11.0. The van der Waals surface area contributed by atoms with Crippen molar-refractivity contribution in [1.82, 2.24) is 14.4 Å². The molecule has 2 atom stereocenters. The highest BCUT2D eigenvalue weighted by Crippen LogP contribution is 2.30. The van der Waals surface area contributed by atoms with E-state index in [1.807, 2.05) is 6.20 Å². The second-order valence-electron chi connectivity index (χ2n) is 8.69. The van der Waals surface area contributed by atoms with Gasteiger partial charge in [0.05, 0.1) is 22.4 Å². The van der Waals surface area contributed by atoms with E-state index in [9.17, 15) is 5.11 Å². The predicted octanol–water partition coefficient (Wildman–Crippen LogP) is 5.37. The highest BCUT2D eigenvalue weighted by molar-refractivity contribution is 7.22. The van der Waals surface area contributed by atoms with Gasteiger partial charge in [-0.25, -0.2) is 9.97 Å². The summed E-state index contributed by atoms with van der Waals surface area (Å²) in [6.07, 6.45) is 8.85. The summed E-state index contributed by atoms with van der Waals surface area (Å²) in [6.45, 7) is 4.41. The molecule has 1 aliphatic rings. The van der Waals surface area contributed by atoms with Crippen molar-refractivity contribution in [3.05, 3.63) is 59.5 Å². The lowest BCUT2D eigenvalue weighted by molar-refractivity contribution is 0.116. The molecule has 1 aromatic carbocycles. The van der Waals surface area contributed by atoms with Crippen LogP contribution in [0.1, 0.15) is 62.3 Å². The molecule has 0 bridgehead atoms. The highest BCUT2D eigenvalue weighted by atomic mass is 32.1. The van der Waals surface area contributed by atoms with Crippen molar-refractivity contribution in [3.63, 3.8) is 0 Å². The number of pyridine rings is 1. The standard InChI is InChI=1S/C24H28N4OS/c1-15(2)17-9-10-28-18(14-25-23(28)13-17)11-16-7-8-20-22(12-16)30-24(27-20)26-19-5-3-4-6-21(19)29/h7-10,12-15,19,21,29H,3-6,11H2,1-2H3,(H,26,27)/t19-,21-/m1/s1. The van der Waals surface area contributed by atoms with Gasteiger partial charge in [-0.05, 0) is 54.2 Å². The van der Waals surface area contributed by atoms with Crippen molar-refractivity contribution in [2.24, 2.45) is 0 Å². The van der Waals surface area contributed by atoms with Crippen LogP contribution in [0.4, 0.5) is 5.13 Å². The Labute approximate surface area is 180 Å². The van der Waals surface area contributed by atoms with Crippen molar-refractivity contribution in [3.8, 4) is 0 Å². The highest BCUT2D eigenvalue weighted by Gasteiger charge is 2.23. The van der Waals surface area contributed by atoms with Gasteiger partial charge in [0.25, 0.3) is 0 Å². The lowest BCUT2D eigenvalue weighted by Gasteiger charge is -2.27. The third-order valence-corrected chi connectivity index (χ3v) is 7.11. The number of thiazole rings is 1. The fourth-order valence-electron chi connectivity index (χ4n) is 4.33. The minimum Gasteiger partial charge on any atom is -0.391 e. The van der Waals surface area contributed by atoms with E-state index in [4.69, 9.17) is 4.98 Å². The lowest BCUT2D eigenvalue weighted by Crippen LogP contribution is -2.36. The second-order valence-corrected chi connectivity index (χ2v) is 9.72. The number of fused-ring (bicyclic) bond motifs is 2. The number of nitrogens with zero attached hydrogens (tertiary/aromatic N) is 3. The van der Waals surface area contributed by atoms with E-state index in [0.717, 1.165) is 42.0 Å². The van der Waals surface area contributed by atoms with Crippen molar-refractivity contribution < 1.29 is 5.11 Å². The molecule has 5 nitrogen and oxygen atoms in total. The molecule has 1 aliphatic carbocycles. The number of imidazole rings is 1. The molecule has 0 amide bonds. The van der Waals surface area contributed by atoms with E-state index in [-0.39, 0.29) is 12.1 Å².